The van der Waals surface area contributed by atoms with E-state index >= 15 is 0 Å². The third-order valence-electron chi connectivity index (χ3n) is 1.71. The van der Waals surface area contributed by atoms with Gasteiger partial charge >= 0.3 is 11.9 Å². The van der Waals surface area contributed by atoms with Crippen LogP contribution in [0, 0.1) is 6.92 Å². The summed E-state index contributed by atoms with van der Waals surface area (Å²) in [6, 6.07) is 5.17. The summed E-state index contributed by atoms with van der Waals surface area (Å²) in [5.74, 6) is -2.53. The fourth-order valence-electron chi connectivity index (χ4n) is 0.919. The van der Waals surface area contributed by atoms with Crippen LogP contribution in [0.5, 0.6) is 0 Å². The lowest BCUT2D eigenvalue weighted by Crippen LogP contribution is -2.22. The van der Waals surface area contributed by atoms with Crippen molar-refractivity contribution in [2.75, 3.05) is 5.32 Å². The molecule has 4 nitrogen and oxygen atoms in total. The highest BCUT2D eigenvalue weighted by molar-refractivity contribution is 9.10. The second kappa shape index (κ2) is 4.23. The Bertz CT molecular complexity index is 390. The molecule has 1 rings (SSSR count). The van der Waals surface area contributed by atoms with Crippen molar-refractivity contribution >= 4 is 33.5 Å². The van der Waals surface area contributed by atoms with E-state index in [1.54, 1.807) is 19.1 Å². The average molecular weight is 258 g/mol. The number of aliphatic carboxylic acids is 1. The van der Waals surface area contributed by atoms with Gasteiger partial charge in [-0.25, -0.2) is 4.79 Å². The SMILES string of the molecule is Cc1c(Br)cccc1NC(=O)C(=O)O. The van der Waals surface area contributed by atoms with Gasteiger partial charge in [0, 0.05) is 10.2 Å². The number of carbonyl (C=O) groups excluding carboxylic acids is 1. The molecule has 1 aromatic carbocycles. The molecule has 0 spiro atoms. The van der Waals surface area contributed by atoms with Gasteiger partial charge in [0.2, 0.25) is 0 Å². The van der Waals surface area contributed by atoms with Crippen molar-refractivity contribution in [2.24, 2.45) is 0 Å². The van der Waals surface area contributed by atoms with Crippen LogP contribution < -0.4 is 5.32 Å². The molecule has 0 aliphatic rings. The van der Waals surface area contributed by atoms with Crippen molar-refractivity contribution in [1.82, 2.24) is 0 Å². The first kappa shape index (κ1) is 10.7. The van der Waals surface area contributed by atoms with Gasteiger partial charge in [0.15, 0.2) is 0 Å². The molecule has 0 radical (unpaired) electrons. The first-order chi connectivity index (χ1) is 6.52. The molecule has 0 bridgehead atoms. The highest BCUT2D eigenvalue weighted by Gasteiger charge is 2.12. The Morgan fingerprint density at radius 3 is 2.64 bits per heavy atom. The largest absolute Gasteiger partial charge is 0.474 e. The van der Waals surface area contributed by atoms with E-state index in [0.29, 0.717) is 5.69 Å². The molecule has 0 fully saturated rings. The van der Waals surface area contributed by atoms with Gasteiger partial charge < -0.3 is 10.4 Å². The number of carbonyl (C=O) groups is 2. The predicted molar refractivity (Wildman–Crippen MR) is 55.1 cm³/mol. The van der Waals surface area contributed by atoms with E-state index in [9.17, 15) is 9.59 Å². The first-order valence-electron chi connectivity index (χ1n) is 3.81. The zero-order valence-electron chi connectivity index (χ0n) is 7.37. The van der Waals surface area contributed by atoms with Crippen molar-refractivity contribution in [3.8, 4) is 0 Å². The van der Waals surface area contributed by atoms with Crippen molar-refractivity contribution in [2.45, 2.75) is 6.92 Å². The summed E-state index contributed by atoms with van der Waals surface area (Å²) in [7, 11) is 0. The van der Waals surface area contributed by atoms with E-state index in [0.717, 1.165) is 10.0 Å². The second-order valence-electron chi connectivity index (χ2n) is 2.67. The molecule has 0 aliphatic carbocycles. The molecule has 0 unspecified atom stereocenters. The molecule has 0 heterocycles. The predicted octanol–water partition coefficient (Wildman–Crippen LogP) is 1.78. The number of carboxylic acid groups (broad SMARTS) is 1. The standard InChI is InChI=1S/C9H8BrNO3/c1-5-6(10)3-2-4-7(5)11-8(12)9(13)14/h2-4H,1H3,(H,11,12)(H,13,14). The molecule has 2 N–H and O–H groups in total. The van der Waals surface area contributed by atoms with Crippen LogP contribution in [0.1, 0.15) is 5.56 Å². The van der Waals surface area contributed by atoms with Crippen LogP contribution in [0.2, 0.25) is 0 Å². The van der Waals surface area contributed by atoms with Gasteiger partial charge in [0.05, 0.1) is 0 Å². The summed E-state index contributed by atoms with van der Waals surface area (Å²) in [4.78, 5) is 21.1. The molecular weight excluding hydrogens is 250 g/mol. The van der Waals surface area contributed by atoms with Gasteiger partial charge in [-0.15, -0.1) is 0 Å². The molecule has 0 aliphatic heterocycles. The Balaban J connectivity index is 2.93. The van der Waals surface area contributed by atoms with Crippen LogP contribution in [-0.4, -0.2) is 17.0 Å². The quantitative estimate of drug-likeness (QED) is 0.754. The summed E-state index contributed by atoms with van der Waals surface area (Å²) >= 11 is 3.27. The zero-order valence-corrected chi connectivity index (χ0v) is 8.96. The van der Waals surface area contributed by atoms with Crippen LogP contribution >= 0.6 is 15.9 Å². The number of anilines is 1. The van der Waals surface area contributed by atoms with E-state index in [4.69, 9.17) is 5.11 Å². The molecule has 0 saturated heterocycles. The fourth-order valence-corrected chi connectivity index (χ4v) is 1.28. The molecule has 1 amide bonds. The minimum absolute atomic E-state index is 0.492. The topological polar surface area (TPSA) is 66.4 Å². The number of rotatable bonds is 1. The minimum Gasteiger partial charge on any atom is -0.474 e. The molecule has 1 aromatic rings. The maximum absolute atomic E-state index is 10.8. The average Bonchev–Trinajstić information content (AvgIpc) is 2.12. The number of benzene rings is 1. The van der Waals surface area contributed by atoms with Crippen LogP contribution in [0.4, 0.5) is 5.69 Å². The summed E-state index contributed by atoms with van der Waals surface area (Å²) < 4.78 is 0.820. The Labute approximate surface area is 89.1 Å². The van der Waals surface area contributed by atoms with Crippen LogP contribution in [-0.2, 0) is 9.59 Å². The Morgan fingerprint density at radius 2 is 2.07 bits per heavy atom. The maximum atomic E-state index is 10.8. The van der Waals surface area contributed by atoms with Crippen LogP contribution in [0.15, 0.2) is 22.7 Å². The van der Waals surface area contributed by atoms with Gasteiger partial charge in [-0.3, -0.25) is 4.79 Å². The highest BCUT2D eigenvalue weighted by atomic mass is 79.9. The van der Waals surface area contributed by atoms with Crippen molar-refractivity contribution < 1.29 is 14.7 Å². The van der Waals surface area contributed by atoms with Gasteiger partial charge in [-0.05, 0) is 24.6 Å². The third-order valence-corrected chi connectivity index (χ3v) is 2.57. The number of nitrogens with one attached hydrogen (secondary N) is 1. The summed E-state index contributed by atoms with van der Waals surface area (Å²) in [5, 5.41) is 10.7. The molecule has 14 heavy (non-hydrogen) atoms. The first-order valence-corrected chi connectivity index (χ1v) is 4.61. The van der Waals surface area contributed by atoms with Crippen LogP contribution in [0.25, 0.3) is 0 Å². The zero-order chi connectivity index (χ0) is 10.7. The lowest BCUT2D eigenvalue weighted by atomic mass is 10.2. The monoisotopic (exact) mass is 257 g/mol. The fraction of sp³-hybridized carbons (Fsp3) is 0.111. The maximum Gasteiger partial charge on any atom is 0.394 e. The molecule has 0 aromatic heterocycles. The number of amides is 1. The summed E-state index contributed by atoms with van der Waals surface area (Å²) in [6.07, 6.45) is 0. The van der Waals surface area contributed by atoms with E-state index in [2.05, 4.69) is 21.2 Å². The van der Waals surface area contributed by atoms with Crippen LogP contribution in [0.3, 0.4) is 0 Å². The van der Waals surface area contributed by atoms with Gasteiger partial charge in [0.1, 0.15) is 0 Å². The highest BCUT2D eigenvalue weighted by Crippen LogP contribution is 2.23. The van der Waals surface area contributed by atoms with E-state index < -0.39 is 11.9 Å². The number of hydrogen-bond acceptors (Lipinski definition) is 2. The third kappa shape index (κ3) is 2.32. The van der Waals surface area contributed by atoms with E-state index in [1.807, 2.05) is 6.07 Å². The van der Waals surface area contributed by atoms with E-state index in [1.165, 1.54) is 0 Å². The Morgan fingerprint density at radius 1 is 1.43 bits per heavy atom. The lowest BCUT2D eigenvalue weighted by Gasteiger charge is -2.06. The smallest absolute Gasteiger partial charge is 0.394 e. The molecule has 5 heteroatoms. The lowest BCUT2D eigenvalue weighted by molar-refractivity contribution is -0.147. The normalized spacial score (nSPS) is 9.57. The Hall–Kier alpha value is -1.36. The van der Waals surface area contributed by atoms with Crippen molar-refractivity contribution in [1.29, 1.82) is 0 Å². The van der Waals surface area contributed by atoms with Gasteiger partial charge in [0.25, 0.3) is 0 Å². The number of hydrogen-bond donors (Lipinski definition) is 2. The number of carboxylic acids is 1. The second-order valence-corrected chi connectivity index (χ2v) is 3.53. The minimum atomic E-state index is -1.50. The summed E-state index contributed by atoms with van der Waals surface area (Å²) in [6.45, 7) is 1.78. The van der Waals surface area contributed by atoms with Crippen molar-refractivity contribution in [3.63, 3.8) is 0 Å². The van der Waals surface area contributed by atoms with Gasteiger partial charge in [-0.1, -0.05) is 22.0 Å². The molecule has 74 valence electrons. The Kier molecular flexibility index (Phi) is 3.24. The van der Waals surface area contributed by atoms with Gasteiger partial charge in [-0.2, -0.15) is 0 Å². The molecule has 0 atom stereocenters. The number of halogens is 1. The molecular formula is C9H8BrNO3. The summed E-state index contributed by atoms with van der Waals surface area (Å²) in [5.41, 5.74) is 1.29. The van der Waals surface area contributed by atoms with E-state index in [-0.39, 0.29) is 0 Å². The van der Waals surface area contributed by atoms with Crippen molar-refractivity contribution in [3.05, 3.63) is 28.2 Å². The molecule has 0 saturated carbocycles.